The van der Waals surface area contributed by atoms with Crippen molar-refractivity contribution >= 4 is 28.5 Å². The summed E-state index contributed by atoms with van der Waals surface area (Å²) in [6.07, 6.45) is -3.76. The van der Waals surface area contributed by atoms with E-state index in [4.69, 9.17) is 9.52 Å². The van der Waals surface area contributed by atoms with Gasteiger partial charge in [0.05, 0.1) is 18.5 Å². The molecule has 0 unspecified atom stereocenters. The summed E-state index contributed by atoms with van der Waals surface area (Å²) >= 11 is 0. The van der Waals surface area contributed by atoms with E-state index in [1.165, 1.54) is 12.1 Å². The average molecular weight is 368 g/mol. The minimum atomic E-state index is -4.79. The molecule has 2 heterocycles. The number of nitrogens with zero attached hydrogens (tertiary/aromatic N) is 1. The molecule has 26 heavy (non-hydrogen) atoms. The Morgan fingerprint density at radius 3 is 2.54 bits per heavy atom. The SMILES string of the molecule is O=C1C=C(Nc2ccc3oc(C(F)(F)F)cc(=O)c3c2)C(=O)N1CCO. The highest BCUT2D eigenvalue weighted by Crippen LogP contribution is 2.30. The Hall–Kier alpha value is -3.14. The molecule has 0 saturated heterocycles. The molecule has 0 saturated carbocycles. The van der Waals surface area contributed by atoms with Crippen molar-refractivity contribution in [1.82, 2.24) is 4.90 Å². The molecule has 1 aliphatic heterocycles. The van der Waals surface area contributed by atoms with Crippen LogP contribution in [0.3, 0.4) is 0 Å². The van der Waals surface area contributed by atoms with Crippen molar-refractivity contribution in [3.05, 3.63) is 52.0 Å². The number of β-amino-alcohol motifs (C(OH)–C–C–N with tert-alkyl or cyclic N) is 1. The van der Waals surface area contributed by atoms with Crippen molar-refractivity contribution in [3.8, 4) is 0 Å². The predicted octanol–water partition coefficient (Wildman–Crippen LogP) is 1.47. The highest BCUT2D eigenvalue weighted by molar-refractivity contribution is 6.17. The molecule has 0 spiro atoms. The van der Waals surface area contributed by atoms with Crippen LogP contribution in [0.5, 0.6) is 0 Å². The Balaban J connectivity index is 1.92. The molecule has 7 nitrogen and oxygen atoms in total. The fraction of sp³-hybridized carbons (Fsp3) is 0.188. The molecule has 0 bridgehead atoms. The van der Waals surface area contributed by atoms with E-state index >= 15 is 0 Å². The van der Waals surface area contributed by atoms with Crippen molar-refractivity contribution in [3.63, 3.8) is 0 Å². The minimum Gasteiger partial charge on any atom is -0.451 e. The van der Waals surface area contributed by atoms with Crippen LogP contribution in [0.15, 0.2) is 45.3 Å². The molecule has 1 aliphatic rings. The van der Waals surface area contributed by atoms with E-state index in [1.54, 1.807) is 0 Å². The number of nitrogens with one attached hydrogen (secondary N) is 1. The summed E-state index contributed by atoms with van der Waals surface area (Å²) < 4.78 is 42.7. The first-order chi connectivity index (χ1) is 12.2. The topological polar surface area (TPSA) is 99.8 Å². The smallest absolute Gasteiger partial charge is 0.449 e. The van der Waals surface area contributed by atoms with E-state index in [2.05, 4.69) is 5.32 Å². The minimum absolute atomic E-state index is 0.0842. The molecule has 0 radical (unpaired) electrons. The predicted molar refractivity (Wildman–Crippen MR) is 83.0 cm³/mol. The monoisotopic (exact) mass is 368 g/mol. The van der Waals surface area contributed by atoms with Gasteiger partial charge in [-0.1, -0.05) is 0 Å². The van der Waals surface area contributed by atoms with Gasteiger partial charge < -0.3 is 14.8 Å². The second-order valence-corrected chi connectivity index (χ2v) is 5.39. The van der Waals surface area contributed by atoms with Crippen LogP contribution in [0.1, 0.15) is 5.76 Å². The molecule has 2 amide bonds. The number of aliphatic hydroxyl groups excluding tert-OH is 1. The second-order valence-electron chi connectivity index (χ2n) is 5.39. The van der Waals surface area contributed by atoms with Gasteiger partial charge in [-0.05, 0) is 18.2 Å². The first kappa shape index (κ1) is 17.7. The van der Waals surface area contributed by atoms with Crippen molar-refractivity contribution < 1.29 is 32.3 Å². The summed E-state index contributed by atoms with van der Waals surface area (Å²) in [4.78, 5) is 36.5. The quantitative estimate of drug-likeness (QED) is 0.793. The number of amides is 2. The fourth-order valence-electron chi connectivity index (χ4n) is 2.44. The van der Waals surface area contributed by atoms with Gasteiger partial charge in [0, 0.05) is 17.8 Å². The number of hydrogen-bond donors (Lipinski definition) is 2. The lowest BCUT2D eigenvalue weighted by molar-refractivity contribution is -0.153. The molecule has 1 aromatic carbocycles. The molecule has 0 atom stereocenters. The number of hydrogen-bond acceptors (Lipinski definition) is 6. The van der Waals surface area contributed by atoms with E-state index in [0.717, 1.165) is 17.0 Å². The summed E-state index contributed by atoms with van der Waals surface area (Å²) in [7, 11) is 0. The normalized spacial score (nSPS) is 14.9. The number of imide groups is 1. The molecule has 0 fully saturated rings. The number of fused-ring (bicyclic) bond motifs is 1. The zero-order valence-corrected chi connectivity index (χ0v) is 13.0. The molecule has 1 aromatic heterocycles. The number of halogens is 3. The van der Waals surface area contributed by atoms with Gasteiger partial charge in [0.2, 0.25) is 5.76 Å². The maximum Gasteiger partial charge on any atom is 0.449 e. The summed E-state index contributed by atoms with van der Waals surface area (Å²) in [6, 6.07) is 4.02. The van der Waals surface area contributed by atoms with Crippen LogP contribution < -0.4 is 10.7 Å². The summed E-state index contributed by atoms with van der Waals surface area (Å²) in [5.41, 5.74) is -1.03. The van der Waals surface area contributed by atoms with E-state index < -0.39 is 35.8 Å². The van der Waals surface area contributed by atoms with Crippen LogP contribution in [0.2, 0.25) is 0 Å². The largest absolute Gasteiger partial charge is 0.451 e. The summed E-state index contributed by atoms with van der Waals surface area (Å²) in [5, 5.41) is 11.4. The van der Waals surface area contributed by atoms with Crippen LogP contribution in [-0.2, 0) is 15.8 Å². The Morgan fingerprint density at radius 1 is 1.15 bits per heavy atom. The van der Waals surface area contributed by atoms with Gasteiger partial charge in [0.15, 0.2) is 5.43 Å². The number of benzene rings is 1. The average Bonchev–Trinajstić information content (AvgIpc) is 2.82. The highest BCUT2D eigenvalue weighted by Gasteiger charge is 2.35. The van der Waals surface area contributed by atoms with Gasteiger partial charge in [0.1, 0.15) is 11.3 Å². The van der Waals surface area contributed by atoms with Crippen molar-refractivity contribution in [1.29, 1.82) is 0 Å². The maximum atomic E-state index is 12.7. The van der Waals surface area contributed by atoms with Crippen molar-refractivity contribution in [2.45, 2.75) is 6.18 Å². The maximum absolute atomic E-state index is 12.7. The van der Waals surface area contributed by atoms with Gasteiger partial charge in [-0.3, -0.25) is 19.3 Å². The van der Waals surface area contributed by atoms with Gasteiger partial charge in [-0.15, -0.1) is 0 Å². The fourth-order valence-corrected chi connectivity index (χ4v) is 2.44. The third-order valence-electron chi connectivity index (χ3n) is 3.62. The van der Waals surface area contributed by atoms with Crippen LogP contribution in [-0.4, -0.2) is 35.0 Å². The van der Waals surface area contributed by atoms with Crippen molar-refractivity contribution in [2.24, 2.45) is 0 Å². The number of anilines is 1. The Labute approximate surface area is 143 Å². The molecule has 136 valence electrons. The third-order valence-corrected chi connectivity index (χ3v) is 3.62. The van der Waals surface area contributed by atoms with E-state index in [-0.39, 0.29) is 28.9 Å². The van der Waals surface area contributed by atoms with E-state index in [1.807, 2.05) is 0 Å². The Kier molecular flexibility index (Phi) is 4.28. The van der Waals surface area contributed by atoms with Gasteiger partial charge in [0.25, 0.3) is 11.8 Å². The van der Waals surface area contributed by atoms with Crippen LogP contribution in [0.4, 0.5) is 18.9 Å². The molecular weight excluding hydrogens is 357 g/mol. The number of carbonyl (C=O) groups excluding carboxylic acids is 2. The zero-order chi connectivity index (χ0) is 19.1. The zero-order valence-electron chi connectivity index (χ0n) is 13.0. The first-order valence-corrected chi connectivity index (χ1v) is 7.31. The van der Waals surface area contributed by atoms with E-state index in [0.29, 0.717) is 6.07 Å². The summed E-state index contributed by atoms with van der Waals surface area (Å²) in [5.74, 6) is -2.68. The molecular formula is C16H11F3N2O5. The lowest BCUT2D eigenvalue weighted by Crippen LogP contribution is -2.34. The Morgan fingerprint density at radius 2 is 1.88 bits per heavy atom. The van der Waals surface area contributed by atoms with Crippen LogP contribution in [0.25, 0.3) is 11.0 Å². The number of alkyl halides is 3. The first-order valence-electron chi connectivity index (χ1n) is 7.31. The molecule has 10 heteroatoms. The third kappa shape index (κ3) is 3.18. The van der Waals surface area contributed by atoms with Gasteiger partial charge >= 0.3 is 6.18 Å². The van der Waals surface area contributed by atoms with E-state index in [9.17, 15) is 27.6 Å². The lowest BCUT2D eigenvalue weighted by atomic mass is 10.2. The number of rotatable bonds is 4. The standard InChI is InChI=1S/C16H11F3N2O5/c17-16(18,19)13-7-11(23)9-5-8(1-2-12(9)26-13)20-10-6-14(24)21(3-4-22)15(10)25/h1-2,5-7,20,22H,3-4H2. The van der Waals surface area contributed by atoms with Gasteiger partial charge in [-0.25, -0.2) is 0 Å². The second kappa shape index (κ2) is 6.30. The Bertz CT molecular complexity index is 994. The molecule has 2 aromatic rings. The lowest BCUT2D eigenvalue weighted by Gasteiger charge is -2.13. The van der Waals surface area contributed by atoms with Gasteiger partial charge in [-0.2, -0.15) is 13.2 Å². The molecule has 3 rings (SSSR count). The van der Waals surface area contributed by atoms with Crippen LogP contribution >= 0.6 is 0 Å². The summed E-state index contributed by atoms with van der Waals surface area (Å²) in [6.45, 7) is -0.558. The van der Waals surface area contributed by atoms with Crippen LogP contribution in [0, 0.1) is 0 Å². The highest BCUT2D eigenvalue weighted by atomic mass is 19.4. The number of aliphatic hydroxyl groups is 1. The molecule has 0 aliphatic carbocycles. The molecule has 2 N–H and O–H groups in total. The van der Waals surface area contributed by atoms with Crippen molar-refractivity contribution in [2.75, 3.05) is 18.5 Å². The number of carbonyl (C=O) groups is 2.